The summed E-state index contributed by atoms with van der Waals surface area (Å²) in [7, 11) is 0. The maximum atomic E-state index is 13.8. The summed E-state index contributed by atoms with van der Waals surface area (Å²) in [4.78, 5) is 40.6. The number of hydrogen-bond donors (Lipinski definition) is 1. The van der Waals surface area contributed by atoms with Crippen LogP contribution in [0.4, 0.5) is 0 Å². The third-order valence-electron chi connectivity index (χ3n) is 7.30. The number of esters is 2. The van der Waals surface area contributed by atoms with Gasteiger partial charge in [0.05, 0.1) is 6.61 Å². The largest absolute Gasteiger partial charge is 0.422 e. The van der Waals surface area contributed by atoms with Crippen LogP contribution in [0.5, 0.6) is 0 Å². The number of ether oxygens (including phenoxy) is 2. The highest BCUT2D eigenvalue weighted by atomic mass is 16.7. The van der Waals surface area contributed by atoms with Gasteiger partial charge in [-0.3, -0.25) is 14.4 Å². The highest BCUT2D eigenvalue weighted by Gasteiger charge is 2.67. The van der Waals surface area contributed by atoms with Gasteiger partial charge in [-0.25, -0.2) is 0 Å². The van der Waals surface area contributed by atoms with E-state index in [-0.39, 0.29) is 25.2 Å². The monoisotopic (exact) mass is 484 g/mol. The van der Waals surface area contributed by atoms with Gasteiger partial charge in [-0.05, 0) is 27.8 Å². The fourth-order valence-corrected chi connectivity index (χ4v) is 5.55. The number of carbonyl (C=O) groups excluding carboxylic acids is 3. The fraction of sp³-hybridized carbons (Fsp3) is 0.300. The summed E-state index contributed by atoms with van der Waals surface area (Å²) < 4.78 is 11.4. The van der Waals surface area contributed by atoms with Crippen LogP contribution in [0.3, 0.4) is 0 Å². The molecule has 2 atom stereocenters. The quantitative estimate of drug-likeness (QED) is 0.419. The average molecular weight is 485 g/mol. The summed E-state index contributed by atoms with van der Waals surface area (Å²) in [6.07, 6.45) is 0.0962. The lowest BCUT2D eigenvalue weighted by Gasteiger charge is -2.49. The van der Waals surface area contributed by atoms with Crippen LogP contribution in [0.15, 0.2) is 78.9 Å². The standard InChI is InChI=1S/C30H28O6/c1-29(2)35-27(33)30(28(34)36-29)25(22-6-4-3-5-7-22)16-24(32)17-26(30)23-14-12-21(13-15-23)20-10-8-19(18-31)9-11-20/h3-15,25-26,31H,16-18H2,1-2H3/t25-,26+/m0/s1. The number of cyclic esters (lactones) is 2. The molecule has 6 nitrogen and oxygen atoms in total. The molecule has 0 amide bonds. The van der Waals surface area contributed by atoms with Crippen LogP contribution >= 0.6 is 0 Å². The van der Waals surface area contributed by atoms with Gasteiger partial charge in [-0.15, -0.1) is 0 Å². The molecule has 1 saturated carbocycles. The summed E-state index contributed by atoms with van der Waals surface area (Å²) in [5, 5.41) is 9.30. The van der Waals surface area contributed by atoms with E-state index in [9.17, 15) is 19.5 Å². The molecule has 2 aliphatic rings. The number of rotatable bonds is 4. The molecule has 5 rings (SSSR count). The first-order valence-electron chi connectivity index (χ1n) is 12.1. The molecule has 2 fully saturated rings. The topological polar surface area (TPSA) is 89.9 Å². The van der Waals surface area contributed by atoms with Crippen LogP contribution in [0.25, 0.3) is 11.1 Å². The van der Waals surface area contributed by atoms with Gasteiger partial charge in [0.15, 0.2) is 5.41 Å². The van der Waals surface area contributed by atoms with E-state index in [1.807, 2.05) is 78.9 Å². The lowest BCUT2D eigenvalue weighted by atomic mass is 9.55. The van der Waals surface area contributed by atoms with Crippen LogP contribution < -0.4 is 0 Å². The van der Waals surface area contributed by atoms with Crippen molar-refractivity contribution < 1.29 is 29.0 Å². The second kappa shape index (κ2) is 9.03. The molecule has 3 aromatic carbocycles. The number of aliphatic hydroxyl groups excluding tert-OH is 1. The van der Waals surface area contributed by atoms with Gasteiger partial charge in [-0.1, -0.05) is 78.9 Å². The minimum atomic E-state index is -1.67. The molecular formula is C30H28O6. The van der Waals surface area contributed by atoms with Gasteiger partial charge < -0.3 is 14.6 Å². The SMILES string of the molecule is CC1(C)OC(=O)C2(C(=O)O1)[C@@H](c1ccc(-c3ccc(CO)cc3)cc1)CC(=O)C[C@H]2c1ccccc1. The highest BCUT2D eigenvalue weighted by molar-refractivity contribution is 6.06. The first-order chi connectivity index (χ1) is 17.2. The van der Waals surface area contributed by atoms with Crippen molar-refractivity contribution in [2.45, 2.75) is 50.9 Å². The van der Waals surface area contributed by atoms with Crippen LogP contribution in [-0.2, 0) is 30.5 Å². The molecule has 1 heterocycles. The lowest BCUT2D eigenvalue weighted by Crippen LogP contribution is -2.61. The van der Waals surface area contributed by atoms with Gasteiger partial charge in [0.1, 0.15) is 5.78 Å². The van der Waals surface area contributed by atoms with E-state index in [2.05, 4.69) is 0 Å². The van der Waals surface area contributed by atoms with E-state index in [4.69, 9.17) is 9.47 Å². The summed E-state index contributed by atoms with van der Waals surface area (Å²) in [5.41, 5.74) is 2.48. The number of aliphatic hydroxyl groups is 1. The van der Waals surface area contributed by atoms with Gasteiger partial charge in [0, 0.05) is 38.5 Å². The molecule has 1 N–H and O–H groups in total. The van der Waals surface area contributed by atoms with Gasteiger partial charge in [-0.2, -0.15) is 0 Å². The molecule has 1 aliphatic carbocycles. The van der Waals surface area contributed by atoms with Crippen molar-refractivity contribution in [1.82, 2.24) is 0 Å². The predicted octanol–water partition coefficient (Wildman–Crippen LogP) is 4.90. The Balaban J connectivity index is 1.61. The van der Waals surface area contributed by atoms with Gasteiger partial charge >= 0.3 is 11.9 Å². The summed E-state index contributed by atoms with van der Waals surface area (Å²) in [5.74, 6) is -4.14. The molecule has 36 heavy (non-hydrogen) atoms. The Hall–Kier alpha value is -3.77. The van der Waals surface area contributed by atoms with Crippen molar-refractivity contribution in [3.8, 4) is 11.1 Å². The Kier molecular flexibility index (Phi) is 6.00. The normalized spacial score (nSPS) is 22.7. The van der Waals surface area contributed by atoms with Crippen molar-refractivity contribution >= 4 is 17.7 Å². The fourth-order valence-electron chi connectivity index (χ4n) is 5.55. The maximum absolute atomic E-state index is 13.8. The zero-order chi connectivity index (χ0) is 25.5. The molecule has 0 bridgehead atoms. The predicted molar refractivity (Wildman–Crippen MR) is 133 cm³/mol. The second-order valence-electron chi connectivity index (χ2n) is 9.99. The smallest absolute Gasteiger partial charge is 0.328 e. The minimum absolute atomic E-state index is 0.0198. The molecule has 1 saturated heterocycles. The lowest BCUT2D eigenvalue weighted by molar-refractivity contribution is -0.256. The first-order valence-corrected chi connectivity index (χ1v) is 12.1. The van der Waals surface area contributed by atoms with Crippen molar-refractivity contribution in [1.29, 1.82) is 0 Å². The third-order valence-corrected chi connectivity index (χ3v) is 7.30. The Labute approximate surface area is 209 Å². The third kappa shape index (κ3) is 4.01. The van der Waals surface area contributed by atoms with Crippen LogP contribution in [0.2, 0.25) is 0 Å². The zero-order valence-corrected chi connectivity index (χ0v) is 20.3. The Morgan fingerprint density at radius 3 is 1.69 bits per heavy atom. The number of carbonyl (C=O) groups is 3. The van der Waals surface area contributed by atoms with E-state index in [1.165, 1.54) is 13.8 Å². The Morgan fingerprint density at radius 2 is 1.19 bits per heavy atom. The molecule has 3 aromatic rings. The Bertz CT molecular complexity index is 1270. The van der Waals surface area contributed by atoms with Crippen molar-refractivity contribution in [3.05, 3.63) is 95.6 Å². The van der Waals surface area contributed by atoms with Gasteiger partial charge in [0.25, 0.3) is 5.79 Å². The Morgan fingerprint density at radius 1 is 0.722 bits per heavy atom. The van der Waals surface area contributed by atoms with Crippen LogP contribution in [-0.4, -0.2) is 28.6 Å². The molecule has 0 radical (unpaired) electrons. The number of ketones is 1. The van der Waals surface area contributed by atoms with E-state index < -0.39 is 35.0 Å². The number of Topliss-reactive ketones (excluding diaryl/α,β-unsaturated/α-hetero) is 1. The van der Waals surface area contributed by atoms with Crippen LogP contribution in [0, 0.1) is 5.41 Å². The van der Waals surface area contributed by atoms with E-state index in [1.54, 1.807) is 0 Å². The minimum Gasteiger partial charge on any atom is -0.422 e. The summed E-state index contributed by atoms with van der Waals surface area (Å²) in [6, 6.07) is 24.3. The van der Waals surface area contributed by atoms with Crippen molar-refractivity contribution in [3.63, 3.8) is 0 Å². The maximum Gasteiger partial charge on any atom is 0.328 e. The molecule has 0 unspecified atom stereocenters. The van der Waals surface area contributed by atoms with Crippen LogP contribution in [0.1, 0.15) is 55.2 Å². The van der Waals surface area contributed by atoms with Gasteiger partial charge in [0.2, 0.25) is 0 Å². The van der Waals surface area contributed by atoms with E-state index >= 15 is 0 Å². The van der Waals surface area contributed by atoms with E-state index in [0.29, 0.717) is 5.56 Å². The average Bonchev–Trinajstić information content (AvgIpc) is 2.87. The summed E-state index contributed by atoms with van der Waals surface area (Å²) >= 11 is 0. The number of benzene rings is 3. The van der Waals surface area contributed by atoms with Crippen molar-refractivity contribution in [2.24, 2.45) is 5.41 Å². The highest BCUT2D eigenvalue weighted by Crippen LogP contribution is 2.57. The number of hydrogen-bond acceptors (Lipinski definition) is 6. The first kappa shape index (κ1) is 23.9. The van der Waals surface area contributed by atoms with E-state index in [0.717, 1.165) is 22.3 Å². The van der Waals surface area contributed by atoms with Crippen molar-refractivity contribution in [2.75, 3.05) is 0 Å². The zero-order valence-electron chi connectivity index (χ0n) is 20.3. The molecule has 184 valence electrons. The molecular weight excluding hydrogens is 456 g/mol. The molecule has 1 spiro atoms. The summed E-state index contributed by atoms with van der Waals surface area (Å²) in [6.45, 7) is 3.04. The second-order valence-corrected chi connectivity index (χ2v) is 9.99. The molecule has 0 aromatic heterocycles. The molecule has 1 aliphatic heterocycles. The molecule has 6 heteroatoms.